The van der Waals surface area contributed by atoms with Crippen LogP contribution in [0, 0.1) is 0 Å². The van der Waals surface area contributed by atoms with Gasteiger partial charge in [0.05, 0.1) is 0 Å². The van der Waals surface area contributed by atoms with Crippen molar-refractivity contribution in [3.8, 4) is 0 Å². The second-order valence-corrected chi connectivity index (χ2v) is 10.2. The summed E-state index contributed by atoms with van der Waals surface area (Å²) in [7, 11) is -3.20. The molecule has 5 heteroatoms. The first-order chi connectivity index (χ1) is 16.3. The van der Waals surface area contributed by atoms with Crippen LogP contribution in [-0.4, -0.2) is 9.97 Å². The number of para-hydroxylation sites is 2. The zero-order valence-corrected chi connectivity index (χ0v) is 18.8. The smallest absolute Gasteiger partial charge is 0.235 e. The van der Waals surface area contributed by atoms with Crippen molar-refractivity contribution in [1.29, 1.82) is 0 Å². The molecule has 0 aliphatic rings. The normalized spacial score (nSPS) is 11.2. The fourth-order valence-corrected chi connectivity index (χ4v) is 6.36. The summed E-state index contributed by atoms with van der Waals surface area (Å²) in [5.41, 5.74) is 2.35. The molecule has 0 unspecified atom stereocenters. The second kappa shape index (κ2) is 9.23. The Kier molecular flexibility index (Phi) is 5.84. The largest absolute Gasteiger partial charge is 0.307 e. The van der Waals surface area contributed by atoms with E-state index in [2.05, 4.69) is 4.98 Å². The predicted octanol–water partition coefficient (Wildman–Crippen LogP) is 5.59. The molecule has 0 saturated heterocycles. The summed E-state index contributed by atoms with van der Waals surface area (Å²) in [5, 5.41) is 1.48. The lowest BCUT2D eigenvalue weighted by molar-refractivity contribution is 0.592. The van der Waals surface area contributed by atoms with Gasteiger partial charge in [0.2, 0.25) is 5.95 Å². The van der Waals surface area contributed by atoms with Gasteiger partial charge < -0.3 is 4.57 Å². The Morgan fingerprint density at radius 3 is 1.42 bits per heavy atom. The van der Waals surface area contributed by atoms with Crippen LogP contribution < -0.4 is 20.9 Å². The Morgan fingerprint density at radius 2 is 0.970 bits per heavy atom. The van der Waals surface area contributed by atoms with Gasteiger partial charge in [-0.1, -0.05) is 97.1 Å². The fourth-order valence-electron chi connectivity index (χ4n) is 3.85. The fraction of sp³-hybridized carbons (Fsp3) is 0. The van der Waals surface area contributed by atoms with E-state index in [9.17, 15) is 4.57 Å². The molecule has 160 valence electrons. The van der Waals surface area contributed by atoms with Gasteiger partial charge in [0.25, 0.3) is 0 Å². The molecule has 0 saturated carbocycles. The number of rotatable bonds is 6. The maximum atomic E-state index is 14.8. The van der Waals surface area contributed by atoms with Crippen molar-refractivity contribution >= 4 is 40.5 Å². The first-order valence-electron chi connectivity index (χ1n) is 10.7. The summed E-state index contributed by atoms with van der Waals surface area (Å²) in [6.07, 6.45) is 1.69. The molecule has 33 heavy (non-hydrogen) atoms. The van der Waals surface area contributed by atoms with Crippen molar-refractivity contribution in [3.63, 3.8) is 0 Å². The van der Waals surface area contributed by atoms with E-state index in [1.165, 1.54) is 0 Å². The van der Waals surface area contributed by atoms with Crippen molar-refractivity contribution < 1.29 is 4.57 Å². The van der Waals surface area contributed by atoms with Gasteiger partial charge in [-0.25, -0.2) is 9.97 Å². The average molecular weight is 447 g/mol. The van der Waals surface area contributed by atoms with Gasteiger partial charge in [-0.2, -0.15) is 0 Å². The lowest BCUT2D eigenvalue weighted by atomic mass is 10.2. The molecule has 0 aliphatic heterocycles. The number of hydrogen-bond donors (Lipinski definition) is 0. The molecule has 1 aromatic heterocycles. The van der Waals surface area contributed by atoms with E-state index in [1.54, 1.807) is 12.3 Å². The highest BCUT2D eigenvalue weighted by Crippen LogP contribution is 2.42. The Morgan fingerprint density at radius 1 is 0.545 bits per heavy atom. The molecule has 4 aromatic carbocycles. The molecular weight excluding hydrogens is 425 g/mol. The topological polar surface area (TPSA) is 46.1 Å². The summed E-state index contributed by atoms with van der Waals surface area (Å²) >= 11 is 0. The summed E-state index contributed by atoms with van der Waals surface area (Å²) in [5.74, 6) is 0.469. The minimum atomic E-state index is -3.20. The van der Waals surface area contributed by atoms with Crippen molar-refractivity contribution in [2.45, 2.75) is 0 Å². The first kappa shape index (κ1) is 20.9. The molecular formula is C28H22N3OP. The molecule has 0 spiro atoms. The third kappa shape index (κ3) is 4.09. The van der Waals surface area contributed by atoms with Gasteiger partial charge in [0.15, 0.2) is 7.14 Å². The zero-order valence-electron chi connectivity index (χ0n) is 17.9. The van der Waals surface area contributed by atoms with Gasteiger partial charge in [-0.15, -0.1) is 0 Å². The molecule has 0 radical (unpaired) electrons. The van der Waals surface area contributed by atoms with Gasteiger partial charge in [0.1, 0.15) is 5.44 Å². The first-order valence-corrected chi connectivity index (χ1v) is 12.4. The number of aromatic nitrogens is 2. The minimum absolute atomic E-state index is 0.469. The van der Waals surface area contributed by atoms with Gasteiger partial charge in [0, 0.05) is 28.2 Å². The summed E-state index contributed by atoms with van der Waals surface area (Å²) in [6, 6.07) is 40.8. The van der Waals surface area contributed by atoms with Crippen LogP contribution in [0.5, 0.6) is 0 Å². The number of anilines is 3. The van der Waals surface area contributed by atoms with Crippen LogP contribution in [0.4, 0.5) is 17.3 Å². The molecule has 0 amide bonds. The van der Waals surface area contributed by atoms with Crippen LogP contribution in [0.2, 0.25) is 0 Å². The number of nitrogens with zero attached hydrogens (tertiary/aromatic N) is 3. The molecule has 0 fully saturated rings. The van der Waals surface area contributed by atoms with E-state index in [0.29, 0.717) is 11.4 Å². The second-order valence-electron chi connectivity index (χ2n) is 7.50. The average Bonchev–Trinajstić information content (AvgIpc) is 2.91. The highest BCUT2D eigenvalue weighted by molar-refractivity contribution is 7.85. The van der Waals surface area contributed by atoms with Gasteiger partial charge in [-0.3, -0.25) is 4.90 Å². The Bertz CT molecular complexity index is 1300. The summed E-state index contributed by atoms with van der Waals surface area (Å²) < 4.78 is 14.8. The van der Waals surface area contributed by atoms with Crippen molar-refractivity contribution in [1.82, 2.24) is 9.97 Å². The molecule has 5 rings (SSSR count). The highest BCUT2D eigenvalue weighted by Gasteiger charge is 2.32. The maximum Gasteiger partial charge on any atom is 0.235 e. The molecule has 0 aliphatic carbocycles. The Balaban J connectivity index is 1.71. The molecule has 0 bridgehead atoms. The van der Waals surface area contributed by atoms with E-state index in [1.807, 2.05) is 126 Å². The van der Waals surface area contributed by atoms with E-state index < -0.39 is 7.14 Å². The van der Waals surface area contributed by atoms with E-state index in [0.717, 1.165) is 22.0 Å². The third-order valence-corrected chi connectivity index (χ3v) is 8.36. The Hall–Kier alpha value is -4.01. The van der Waals surface area contributed by atoms with Crippen LogP contribution >= 0.6 is 7.14 Å². The molecule has 5 aromatic rings. The summed E-state index contributed by atoms with van der Waals surface area (Å²) in [6.45, 7) is 0. The molecule has 0 atom stereocenters. The van der Waals surface area contributed by atoms with Crippen LogP contribution in [0.1, 0.15) is 0 Å². The summed E-state index contributed by atoms with van der Waals surface area (Å²) in [4.78, 5) is 11.5. The standard InChI is InChI=1S/C28H22N3OP/c32-33(25-17-9-3-10-18-25,26-19-11-4-12-20-26)27-21-22-29-28(30-27)31(23-13-5-1-6-14-23)24-15-7-2-8-16-24/h1-22H. The predicted molar refractivity (Wildman–Crippen MR) is 136 cm³/mol. The minimum Gasteiger partial charge on any atom is -0.307 e. The van der Waals surface area contributed by atoms with E-state index in [4.69, 9.17) is 4.98 Å². The number of hydrogen-bond acceptors (Lipinski definition) is 4. The van der Waals surface area contributed by atoms with Gasteiger partial charge in [-0.05, 0) is 30.3 Å². The van der Waals surface area contributed by atoms with Crippen LogP contribution in [-0.2, 0) is 4.57 Å². The van der Waals surface area contributed by atoms with Crippen molar-refractivity contribution in [2.24, 2.45) is 0 Å². The monoisotopic (exact) mass is 447 g/mol. The zero-order chi connectivity index (χ0) is 22.5. The lowest BCUT2D eigenvalue weighted by Gasteiger charge is -2.25. The van der Waals surface area contributed by atoms with Crippen LogP contribution in [0.3, 0.4) is 0 Å². The lowest BCUT2D eigenvalue weighted by Crippen LogP contribution is -2.28. The Labute approximate surface area is 193 Å². The van der Waals surface area contributed by atoms with E-state index >= 15 is 0 Å². The van der Waals surface area contributed by atoms with Crippen molar-refractivity contribution in [3.05, 3.63) is 134 Å². The van der Waals surface area contributed by atoms with E-state index in [-0.39, 0.29) is 0 Å². The number of benzene rings is 4. The quantitative estimate of drug-likeness (QED) is 0.319. The highest BCUT2D eigenvalue weighted by atomic mass is 31.2. The molecule has 1 heterocycles. The van der Waals surface area contributed by atoms with Crippen LogP contribution in [0.15, 0.2) is 134 Å². The third-order valence-electron chi connectivity index (χ3n) is 5.42. The molecule has 0 N–H and O–H groups in total. The molecule has 4 nitrogen and oxygen atoms in total. The van der Waals surface area contributed by atoms with Gasteiger partial charge >= 0.3 is 0 Å². The maximum absolute atomic E-state index is 14.8. The van der Waals surface area contributed by atoms with Crippen LogP contribution in [0.25, 0.3) is 0 Å². The van der Waals surface area contributed by atoms with Crippen molar-refractivity contribution in [2.75, 3.05) is 4.90 Å². The SMILES string of the molecule is O=P(c1ccccc1)(c1ccccc1)c1ccnc(N(c2ccccc2)c2ccccc2)n1.